The molecule has 0 fully saturated rings. The van der Waals surface area contributed by atoms with Gasteiger partial charge in [-0.25, -0.2) is 8.42 Å². The molecule has 2 aromatic carbocycles. The third-order valence-corrected chi connectivity index (χ3v) is 6.68. The molecule has 2 unspecified atom stereocenters. The molecular formula is C22H28N2O3S. The zero-order chi connectivity index (χ0) is 20.3. The van der Waals surface area contributed by atoms with Crippen LogP contribution < -0.4 is 5.32 Å². The van der Waals surface area contributed by atoms with Gasteiger partial charge in [0, 0.05) is 12.3 Å². The molecule has 1 N–H and O–H groups in total. The molecule has 5 nitrogen and oxygen atoms in total. The molecule has 0 saturated carbocycles. The number of hydrogen-bond acceptors (Lipinski definition) is 4. The van der Waals surface area contributed by atoms with E-state index in [1.807, 2.05) is 43.1 Å². The third kappa shape index (κ3) is 4.80. The molecule has 28 heavy (non-hydrogen) atoms. The zero-order valence-corrected chi connectivity index (χ0v) is 17.5. The Morgan fingerprint density at radius 3 is 2.54 bits per heavy atom. The minimum atomic E-state index is -3.20. The van der Waals surface area contributed by atoms with E-state index >= 15 is 0 Å². The van der Waals surface area contributed by atoms with E-state index in [1.54, 1.807) is 12.1 Å². The molecule has 0 saturated heterocycles. The van der Waals surface area contributed by atoms with Gasteiger partial charge in [0.25, 0.3) is 0 Å². The van der Waals surface area contributed by atoms with Gasteiger partial charge in [0.1, 0.15) is 0 Å². The van der Waals surface area contributed by atoms with E-state index < -0.39 is 9.84 Å². The van der Waals surface area contributed by atoms with Gasteiger partial charge in [-0.15, -0.1) is 0 Å². The second-order valence-electron chi connectivity index (χ2n) is 7.64. The predicted molar refractivity (Wildman–Crippen MR) is 111 cm³/mol. The summed E-state index contributed by atoms with van der Waals surface area (Å²) >= 11 is 0. The summed E-state index contributed by atoms with van der Waals surface area (Å²) in [5.41, 5.74) is 3.53. The van der Waals surface area contributed by atoms with Gasteiger partial charge in [0.05, 0.1) is 17.5 Å². The highest BCUT2D eigenvalue weighted by atomic mass is 32.2. The lowest BCUT2D eigenvalue weighted by atomic mass is 9.88. The molecule has 3 rings (SSSR count). The van der Waals surface area contributed by atoms with Crippen molar-refractivity contribution < 1.29 is 13.2 Å². The summed E-state index contributed by atoms with van der Waals surface area (Å²) in [6, 6.07) is 15.3. The van der Waals surface area contributed by atoms with Crippen molar-refractivity contribution in [3.8, 4) is 0 Å². The molecular weight excluding hydrogens is 372 g/mol. The van der Waals surface area contributed by atoms with Crippen molar-refractivity contribution in [1.82, 2.24) is 10.2 Å². The number of carbonyl (C=O) groups excluding carboxylic acids is 1. The van der Waals surface area contributed by atoms with Crippen molar-refractivity contribution in [2.45, 2.75) is 43.2 Å². The van der Waals surface area contributed by atoms with Gasteiger partial charge in [-0.2, -0.15) is 0 Å². The van der Waals surface area contributed by atoms with Gasteiger partial charge < -0.3 is 5.32 Å². The zero-order valence-electron chi connectivity index (χ0n) is 16.7. The number of nitrogens with one attached hydrogen (secondary N) is 1. The van der Waals surface area contributed by atoms with E-state index in [-0.39, 0.29) is 24.5 Å². The number of sulfone groups is 1. The van der Waals surface area contributed by atoms with Crippen molar-refractivity contribution in [2.75, 3.05) is 19.8 Å². The molecule has 0 aromatic heterocycles. The monoisotopic (exact) mass is 400 g/mol. The van der Waals surface area contributed by atoms with Crippen LogP contribution in [0.15, 0.2) is 53.4 Å². The Labute approximate surface area is 167 Å². The van der Waals surface area contributed by atoms with Crippen LogP contribution in [0.25, 0.3) is 0 Å². The Morgan fingerprint density at radius 2 is 1.86 bits per heavy atom. The minimum Gasteiger partial charge on any atom is -0.348 e. The van der Waals surface area contributed by atoms with E-state index in [4.69, 9.17) is 0 Å². The topological polar surface area (TPSA) is 66.5 Å². The number of fused-ring (bicyclic) bond motifs is 1. The first-order chi connectivity index (χ1) is 13.3. The summed E-state index contributed by atoms with van der Waals surface area (Å²) in [5.74, 6) is 0.00353. The highest BCUT2D eigenvalue weighted by Gasteiger charge is 2.23. The van der Waals surface area contributed by atoms with E-state index in [2.05, 4.69) is 17.4 Å². The maximum Gasteiger partial charge on any atom is 0.234 e. The third-order valence-electron chi connectivity index (χ3n) is 5.55. The Hall–Kier alpha value is -2.18. The molecule has 2 aromatic rings. The molecule has 1 aliphatic carbocycles. The first-order valence-electron chi connectivity index (χ1n) is 9.63. The Kier molecular flexibility index (Phi) is 6.20. The Balaban J connectivity index is 1.61. The second kappa shape index (κ2) is 8.45. The first-order valence-corrected chi connectivity index (χ1v) is 11.5. The Bertz CT molecular complexity index is 939. The number of aryl methyl sites for hydroxylation is 1. The van der Waals surface area contributed by atoms with Gasteiger partial charge in [0.15, 0.2) is 9.84 Å². The highest BCUT2D eigenvalue weighted by Crippen LogP contribution is 2.29. The second-order valence-corrected chi connectivity index (χ2v) is 9.66. The van der Waals surface area contributed by atoms with Crippen LogP contribution in [0, 0.1) is 0 Å². The summed E-state index contributed by atoms with van der Waals surface area (Å²) in [5, 5.41) is 3.18. The highest BCUT2D eigenvalue weighted by molar-refractivity contribution is 7.90. The minimum absolute atomic E-state index is 0.00185. The van der Waals surface area contributed by atoms with Crippen LogP contribution in [0.4, 0.5) is 0 Å². The van der Waals surface area contributed by atoms with Crippen molar-refractivity contribution in [2.24, 2.45) is 0 Å². The number of likely N-dealkylation sites (N-methyl/N-ethyl adjacent to an activating group) is 1. The molecule has 6 heteroatoms. The molecule has 0 spiro atoms. The summed E-state index contributed by atoms with van der Waals surface area (Å²) in [6.45, 7) is 2.30. The lowest BCUT2D eigenvalue weighted by Gasteiger charge is -2.29. The van der Waals surface area contributed by atoms with Gasteiger partial charge in [-0.05, 0) is 62.1 Å². The first kappa shape index (κ1) is 20.6. The predicted octanol–water partition coefficient (Wildman–Crippen LogP) is 3.28. The maximum atomic E-state index is 12.6. The quantitative estimate of drug-likeness (QED) is 0.808. The summed E-state index contributed by atoms with van der Waals surface area (Å²) in [4.78, 5) is 14.9. The number of amides is 1. The van der Waals surface area contributed by atoms with Crippen molar-refractivity contribution >= 4 is 15.7 Å². The standard InChI is InChI=1S/C22H28N2O3S/c1-16(17-11-13-19(14-12-17)28(3,26)27)24(2)15-22(25)23-21-10-6-8-18-7-4-5-9-20(18)21/h4-5,7,9,11-14,16,21H,6,8,10,15H2,1-3H3,(H,23,25). The molecule has 1 aliphatic rings. The van der Waals surface area contributed by atoms with Crippen LogP contribution in [0.2, 0.25) is 0 Å². The van der Waals surface area contributed by atoms with Gasteiger partial charge in [-0.1, -0.05) is 36.4 Å². The number of benzene rings is 2. The normalized spacial score (nSPS) is 17.8. The van der Waals surface area contributed by atoms with Gasteiger partial charge in [0.2, 0.25) is 5.91 Å². The molecule has 150 valence electrons. The maximum absolute atomic E-state index is 12.6. The molecule has 1 amide bonds. The number of nitrogens with zero attached hydrogens (tertiary/aromatic N) is 1. The fraction of sp³-hybridized carbons (Fsp3) is 0.409. The van der Waals surface area contributed by atoms with E-state index in [0.717, 1.165) is 24.8 Å². The number of carbonyl (C=O) groups is 1. The van der Waals surface area contributed by atoms with E-state index in [9.17, 15) is 13.2 Å². The Morgan fingerprint density at radius 1 is 1.18 bits per heavy atom. The smallest absolute Gasteiger partial charge is 0.234 e. The molecule has 0 bridgehead atoms. The van der Waals surface area contributed by atoms with E-state index in [0.29, 0.717) is 4.90 Å². The SMILES string of the molecule is CC(c1ccc(S(C)(=O)=O)cc1)N(C)CC(=O)NC1CCCc2ccccc21. The van der Waals surface area contributed by atoms with Crippen molar-refractivity contribution in [3.05, 3.63) is 65.2 Å². The van der Waals surface area contributed by atoms with Crippen LogP contribution in [-0.4, -0.2) is 39.1 Å². The summed E-state index contributed by atoms with van der Waals surface area (Å²) < 4.78 is 23.2. The van der Waals surface area contributed by atoms with Crippen molar-refractivity contribution in [3.63, 3.8) is 0 Å². The number of hydrogen-bond donors (Lipinski definition) is 1. The largest absolute Gasteiger partial charge is 0.348 e. The fourth-order valence-corrected chi connectivity index (χ4v) is 4.39. The lowest BCUT2D eigenvalue weighted by Crippen LogP contribution is -2.39. The summed E-state index contributed by atoms with van der Waals surface area (Å²) in [6.07, 6.45) is 4.32. The molecule has 0 aliphatic heterocycles. The van der Waals surface area contributed by atoms with Crippen LogP contribution >= 0.6 is 0 Å². The molecule has 0 radical (unpaired) electrons. The lowest BCUT2D eigenvalue weighted by molar-refractivity contribution is -0.123. The van der Waals surface area contributed by atoms with Gasteiger partial charge >= 0.3 is 0 Å². The van der Waals surface area contributed by atoms with Crippen LogP contribution in [0.5, 0.6) is 0 Å². The van der Waals surface area contributed by atoms with Crippen LogP contribution in [-0.2, 0) is 21.1 Å². The van der Waals surface area contributed by atoms with Crippen LogP contribution in [0.3, 0.4) is 0 Å². The summed E-state index contributed by atoms with van der Waals surface area (Å²) in [7, 11) is -1.30. The average Bonchev–Trinajstić information content (AvgIpc) is 2.67. The van der Waals surface area contributed by atoms with Gasteiger partial charge in [-0.3, -0.25) is 9.69 Å². The van der Waals surface area contributed by atoms with Crippen molar-refractivity contribution in [1.29, 1.82) is 0 Å². The van der Waals surface area contributed by atoms with Crippen LogP contribution in [0.1, 0.15) is 48.5 Å². The average molecular weight is 401 g/mol. The molecule has 0 heterocycles. The number of rotatable bonds is 6. The molecule has 2 atom stereocenters. The fourth-order valence-electron chi connectivity index (χ4n) is 3.76. The van der Waals surface area contributed by atoms with E-state index in [1.165, 1.54) is 17.4 Å².